The molecule has 2 aromatic rings. The van der Waals surface area contributed by atoms with Crippen LogP contribution in [0, 0.1) is 0 Å². The minimum absolute atomic E-state index is 0. The number of nitrogens with zero attached hydrogens (tertiary/aromatic N) is 4. The molecule has 0 aliphatic carbocycles. The molecule has 2 aliphatic rings. The first-order valence-electron chi connectivity index (χ1n) is 10.6. The van der Waals surface area contributed by atoms with Crippen LogP contribution in [0.5, 0.6) is 0 Å². The van der Waals surface area contributed by atoms with Gasteiger partial charge in [0.1, 0.15) is 11.9 Å². The lowest BCUT2D eigenvalue weighted by molar-refractivity contribution is -0.162. The molecule has 1 unspecified atom stereocenters. The first kappa shape index (κ1) is 25.2. The summed E-state index contributed by atoms with van der Waals surface area (Å²) in [4.78, 5) is 24.4. The molecule has 1 atom stereocenters. The van der Waals surface area contributed by atoms with Gasteiger partial charge in [0.05, 0.1) is 29.6 Å². The summed E-state index contributed by atoms with van der Waals surface area (Å²) in [6, 6.07) is 6.46. The van der Waals surface area contributed by atoms with Crippen LogP contribution in [0.1, 0.15) is 31.0 Å². The Bertz CT molecular complexity index is 982. The fraction of sp³-hybridized carbons (Fsp3) is 0.500. The third kappa shape index (κ3) is 5.56. The number of aromatic nitrogens is 2. The van der Waals surface area contributed by atoms with Crippen LogP contribution in [0.4, 0.5) is 24.7 Å². The highest BCUT2D eigenvalue weighted by molar-refractivity contribution is 5.97. The molecule has 1 amide bonds. The number of hydrogen-bond acceptors (Lipinski definition) is 6. The van der Waals surface area contributed by atoms with Crippen LogP contribution in [-0.4, -0.2) is 58.7 Å². The number of carbonyl (C=O) groups excluding carboxylic acids is 1. The first-order valence-corrected chi connectivity index (χ1v) is 10.6. The van der Waals surface area contributed by atoms with Crippen LogP contribution in [-0.2, 0) is 22.1 Å². The van der Waals surface area contributed by atoms with Crippen LogP contribution in [0.2, 0.25) is 0 Å². The Labute approximate surface area is 196 Å². The molecule has 0 bridgehead atoms. The third-order valence-electron chi connectivity index (χ3n) is 6.16. The van der Waals surface area contributed by atoms with Gasteiger partial charge in [-0.3, -0.25) is 9.78 Å². The van der Waals surface area contributed by atoms with Crippen molar-refractivity contribution >= 4 is 29.8 Å². The Hall–Kier alpha value is -2.43. The van der Waals surface area contributed by atoms with Crippen LogP contribution in [0.3, 0.4) is 0 Å². The monoisotopic (exact) mass is 485 g/mol. The van der Waals surface area contributed by atoms with Gasteiger partial charge in [0.15, 0.2) is 0 Å². The van der Waals surface area contributed by atoms with Gasteiger partial charge >= 0.3 is 6.18 Å². The molecule has 7 nitrogen and oxygen atoms in total. The van der Waals surface area contributed by atoms with E-state index in [4.69, 9.17) is 10.5 Å². The minimum Gasteiger partial charge on any atom is -0.384 e. The number of anilines is 2. The van der Waals surface area contributed by atoms with E-state index >= 15 is 0 Å². The molecule has 180 valence electrons. The van der Waals surface area contributed by atoms with E-state index in [1.807, 2.05) is 12.1 Å². The average molecular weight is 486 g/mol. The number of nitrogen functional groups attached to an aromatic ring is 1. The Balaban J connectivity index is 0.00000306. The van der Waals surface area contributed by atoms with Gasteiger partial charge < -0.3 is 20.3 Å². The van der Waals surface area contributed by atoms with Crippen molar-refractivity contribution in [2.24, 2.45) is 0 Å². The molecule has 2 fully saturated rings. The SMILES string of the molecule is CC1OC2(CCN(CCc3cccc(N)n3)CC2)CN(c2cnccc2C(F)(F)F)C1=O.Cl. The summed E-state index contributed by atoms with van der Waals surface area (Å²) in [6.45, 7) is 3.91. The summed E-state index contributed by atoms with van der Waals surface area (Å²) in [5.41, 5.74) is 4.89. The predicted octanol–water partition coefficient (Wildman–Crippen LogP) is 3.33. The van der Waals surface area contributed by atoms with Crippen LogP contribution in [0.15, 0.2) is 36.7 Å². The van der Waals surface area contributed by atoms with Crippen LogP contribution < -0.4 is 10.6 Å². The fourth-order valence-corrected chi connectivity index (χ4v) is 4.46. The van der Waals surface area contributed by atoms with Gasteiger partial charge in [-0.2, -0.15) is 13.2 Å². The van der Waals surface area contributed by atoms with Crippen molar-refractivity contribution in [3.8, 4) is 0 Å². The second-order valence-corrected chi connectivity index (χ2v) is 8.40. The van der Waals surface area contributed by atoms with Crippen LogP contribution in [0.25, 0.3) is 0 Å². The predicted molar refractivity (Wildman–Crippen MR) is 120 cm³/mol. The summed E-state index contributed by atoms with van der Waals surface area (Å²) in [6.07, 6.45) is -1.21. The number of amides is 1. The van der Waals surface area contributed by atoms with Gasteiger partial charge in [0.2, 0.25) is 0 Å². The quantitative estimate of drug-likeness (QED) is 0.715. The summed E-state index contributed by atoms with van der Waals surface area (Å²) in [5, 5.41) is 0. The molecule has 1 spiro atoms. The highest BCUT2D eigenvalue weighted by Crippen LogP contribution is 2.40. The molecular formula is C22H27ClF3N5O2. The summed E-state index contributed by atoms with van der Waals surface area (Å²) >= 11 is 0. The lowest BCUT2D eigenvalue weighted by Gasteiger charge is -2.49. The summed E-state index contributed by atoms with van der Waals surface area (Å²) in [5.74, 6) is 0.00683. The maximum atomic E-state index is 13.5. The zero-order valence-corrected chi connectivity index (χ0v) is 19.0. The van der Waals surface area contributed by atoms with Crippen molar-refractivity contribution in [3.63, 3.8) is 0 Å². The summed E-state index contributed by atoms with van der Waals surface area (Å²) < 4.78 is 46.7. The highest BCUT2D eigenvalue weighted by atomic mass is 35.5. The van der Waals surface area contributed by atoms with Crippen molar-refractivity contribution < 1.29 is 22.7 Å². The first-order chi connectivity index (χ1) is 15.2. The number of nitrogens with two attached hydrogens (primary N) is 1. The number of pyridine rings is 2. The molecule has 4 heterocycles. The zero-order valence-electron chi connectivity index (χ0n) is 18.2. The Kier molecular flexibility index (Phi) is 7.50. The van der Waals surface area contributed by atoms with Gasteiger partial charge in [-0.15, -0.1) is 12.4 Å². The smallest absolute Gasteiger partial charge is 0.384 e. The standard InChI is InChI=1S/C22H26F3N5O2.ClH/c1-15-20(31)30(18-13-27-9-5-17(18)22(23,24)25)14-21(32-15)7-11-29(12-8-21)10-6-16-3-2-4-19(26)28-16;/h2-5,9,13,15H,6-8,10-12,14H2,1H3,(H2,26,28);1H. The maximum Gasteiger partial charge on any atom is 0.418 e. The highest BCUT2D eigenvalue weighted by Gasteiger charge is 2.47. The van der Waals surface area contributed by atoms with Gasteiger partial charge in [0, 0.05) is 37.9 Å². The number of piperidine rings is 1. The second kappa shape index (κ2) is 9.82. The molecule has 0 radical (unpaired) electrons. The number of rotatable bonds is 4. The largest absolute Gasteiger partial charge is 0.418 e. The third-order valence-corrected chi connectivity index (χ3v) is 6.16. The molecule has 33 heavy (non-hydrogen) atoms. The summed E-state index contributed by atoms with van der Waals surface area (Å²) in [7, 11) is 0. The second-order valence-electron chi connectivity index (χ2n) is 8.40. The molecule has 2 aromatic heterocycles. The van der Waals surface area contributed by atoms with Gasteiger partial charge in [0.25, 0.3) is 5.91 Å². The van der Waals surface area contributed by atoms with E-state index in [0.29, 0.717) is 18.7 Å². The van der Waals surface area contributed by atoms with Crippen molar-refractivity contribution in [1.82, 2.24) is 14.9 Å². The van der Waals surface area contributed by atoms with E-state index < -0.39 is 29.4 Å². The lowest BCUT2D eigenvalue weighted by atomic mass is 9.88. The number of ether oxygens (including phenoxy) is 1. The fourth-order valence-electron chi connectivity index (χ4n) is 4.46. The number of carbonyl (C=O) groups is 1. The Morgan fingerprint density at radius 3 is 2.64 bits per heavy atom. The van der Waals surface area contributed by atoms with E-state index in [1.165, 1.54) is 4.90 Å². The van der Waals surface area contributed by atoms with Gasteiger partial charge in [-0.25, -0.2) is 4.98 Å². The number of halogens is 4. The number of morpholine rings is 1. The molecule has 11 heteroatoms. The molecule has 2 aliphatic heterocycles. The Morgan fingerprint density at radius 1 is 1.24 bits per heavy atom. The number of hydrogen-bond donors (Lipinski definition) is 1. The topological polar surface area (TPSA) is 84.6 Å². The van der Waals surface area contributed by atoms with E-state index in [-0.39, 0.29) is 24.6 Å². The van der Waals surface area contributed by atoms with Gasteiger partial charge in [-0.05, 0) is 38.0 Å². The van der Waals surface area contributed by atoms with Crippen molar-refractivity contribution in [1.29, 1.82) is 0 Å². The molecule has 0 saturated carbocycles. The maximum absolute atomic E-state index is 13.5. The molecule has 4 rings (SSSR count). The zero-order chi connectivity index (χ0) is 22.9. The number of likely N-dealkylation sites (tertiary alicyclic amines) is 1. The number of alkyl halides is 3. The van der Waals surface area contributed by atoms with Crippen molar-refractivity contribution in [3.05, 3.63) is 47.9 Å². The molecular weight excluding hydrogens is 459 g/mol. The Morgan fingerprint density at radius 2 is 1.97 bits per heavy atom. The normalized spacial score (nSPS) is 21.2. The molecule has 2 saturated heterocycles. The van der Waals surface area contributed by atoms with E-state index in [0.717, 1.165) is 50.2 Å². The van der Waals surface area contributed by atoms with E-state index in [1.54, 1.807) is 13.0 Å². The van der Waals surface area contributed by atoms with Crippen molar-refractivity contribution in [2.75, 3.05) is 36.8 Å². The van der Waals surface area contributed by atoms with Gasteiger partial charge in [-0.1, -0.05) is 6.07 Å². The lowest BCUT2D eigenvalue weighted by Crippen LogP contribution is -2.62. The van der Waals surface area contributed by atoms with Crippen LogP contribution >= 0.6 is 12.4 Å². The van der Waals surface area contributed by atoms with E-state index in [2.05, 4.69) is 14.9 Å². The minimum atomic E-state index is -4.58. The van der Waals surface area contributed by atoms with Crippen molar-refractivity contribution in [2.45, 2.75) is 44.1 Å². The molecule has 2 N–H and O–H groups in total. The molecule has 0 aromatic carbocycles. The average Bonchev–Trinajstić information content (AvgIpc) is 2.76. The van der Waals surface area contributed by atoms with E-state index in [9.17, 15) is 18.0 Å².